The van der Waals surface area contributed by atoms with Crippen molar-refractivity contribution in [1.29, 1.82) is 0 Å². The van der Waals surface area contributed by atoms with Crippen molar-refractivity contribution < 1.29 is 9.18 Å². The predicted molar refractivity (Wildman–Crippen MR) is 89.5 cm³/mol. The molecule has 0 N–H and O–H groups in total. The van der Waals surface area contributed by atoms with Gasteiger partial charge in [0.1, 0.15) is 5.82 Å². The Morgan fingerprint density at radius 1 is 1.27 bits per heavy atom. The molecule has 3 rings (SSSR count). The molecule has 0 bridgehead atoms. The zero-order valence-electron chi connectivity index (χ0n) is 13.0. The Hall–Kier alpha value is -1.03. The summed E-state index contributed by atoms with van der Waals surface area (Å²) in [5.74, 6) is 3.10. The van der Waals surface area contributed by atoms with Crippen LogP contribution in [0.25, 0.3) is 0 Å². The van der Waals surface area contributed by atoms with Gasteiger partial charge in [-0.3, -0.25) is 4.79 Å². The van der Waals surface area contributed by atoms with Gasteiger partial charge < -0.3 is 4.90 Å². The van der Waals surface area contributed by atoms with Gasteiger partial charge in [0.25, 0.3) is 0 Å². The molecule has 0 aromatic heterocycles. The van der Waals surface area contributed by atoms with E-state index in [4.69, 9.17) is 0 Å². The van der Waals surface area contributed by atoms with Crippen molar-refractivity contribution in [3.63, 3.8) is 0 Å². The molecular formula is C18H24FNOS. The Labute approximate surface area is 136 Å². The summed E-state index contributed by atoms with van der Waals surface area (Å²) >= 11 is 2.00. The minimum absolute atomic E-state index is 0.187. The van der Waals surface area contributed by atoms with Crippen LogP contribution in [0.15, 0.2) is 24.3 Å². The van der Waals surface area contributed by atoms with Crippen LogP contribution in [0.5, 0.6) is 0 Å². The van der Waals surface area contributed by atoms with Crippen LogP contribution in [0.2, 0.25) is 0 Å². The molecule has 1 atom stereocenters. The summed E-state index contributed by atoms with van der Waals surface area (Å²) in [6.45, 7) is 0.875. The Morgan fingerprint density at radius 3 is 2.86 bits per heavy atom. The molecule has 2 aliphatic rings. The van der Waals surface area contributed by atoms with E-state index in [1.807, 2.05) is 17.8 Å². The second-order valence-electron chi connectivity index (χ2n) is 6.48. The maximum absolute atomic E-state index is 13.3. The number of likely N-dealkylation sites (tertiary alicyclic amines) is 1. The van der Waals surface area contributed by atoms with Crippen molar-refractivity contribution in [2.24, 2.45) is 5.92 Å². The fourth-order valence-electron chi connectivity index (χ4n) is 3.63. The van der Waals surface area contributed by atoms with Crippen LogP contribution in [0.3, 0.4) is 0 Å². The predicted octanol–water partition coefficient (Wildman–Crippen LogP) is 3.89. The van der Waals surface area contributed by atoms with Crippen LogP contribution in [0.1, 0.15) is 37.7 Å². The molecule has 0 radical (unpaired) electrons. The van der Waals surface area contributed by atoms with Crippen molar-refractivity contribution >= 4 is 17.7 Å². The first-order valence-electron chi connectivity index (χ1n) is 8.34. The quantitative estimate of drug-likeness (QED) is 0.838. The molecule has 0 saturated carbocycles. The second-order valence-corrected chi connectivity index (χ2v) is 7.70. The third-order valence-corrected chi connectivity index (χ3v) is 5.91. The van der Waals surface area contributed by atoms with Crippen molar-refractivity contribution in [2.45, 2.75) is 44.6 Å². The number of hydrogen-bond acceptors (Lipinski definition) is 2. The number of nitrogens with zero attached hydrogens (tertiary/aromatic N) is 1. The largest absolute Gasteiger partial charge is 0.339 e. The van der Waals surface area contributed by atoms with E-state index in [2.05, 4.69) is 4.90 Å². The Balaban J connectivity index is 1.58. The van der Waals surface area contributed by atoms with Gasteiger partial charge in [0, 0.05) is 19.0 Å². The SMILES string of the molecule is O=C(CC1CCSCC1)N1CCCC1Cc1cccc(F)c1. The topological polar surface area (TPSA) is 20.3 Å². The van der Waals surface area contributed by atoms with E-state index in [9.17, 15) is 9.18 Å². The van der Waals surface area contributed by atoms with Crippen molar-refractivity contribution in [1.82, 2.24) is 4.90 Å². The van der Waals surface area contributed by atoms with Gasteiger partial charge in [-0.05, 0) is 67.2 Å². The van der Waals surface area contributed by atoms with Gasteiger partial charge in [-0.15, -0.1) is 0 Å². The highest BCUT2D eigenvalue weighted by Crippen LogP contribution is 2.28. The molecule has 2 fully saturated rings. The molecule has 0 spiro atoms. The highest BCUT2D eigenvalue weighted by molar-refractivity contribution is 7.99. The highest BCUT2D eigenvalue weighted by Gasteiger charge is 2.30. The first kappa shape index (κ1) is 15.9. The third kappa shape index (κ3) is 4.03. The zero-order chi connectivity index (χ0) is 15.4. The smallest absolute Gasteiger partial charge is 0.223 e. The average Bonchev–Trinajstić information content (AvgIpc) is 2.96. The van der Waals surface area contributed by atoms with E-state index >= 15 is 0 Å². The van der Waals surface area contributed by atoms with Gasteiger partial charge in [-0.25, -0.2) is 4.39 Å². The normalized spacial score (nSPS) is 23.0. The van der Waals surface area contributed by atoms with Crippen LogP contribution in [-0.4, -0.2) is 34.9 Å². The van der Waals surface area contributed by atoms with Gasteiger partial charge in [-0.1, -0.05) is 12.1 Å². The molecule has 1 unspecified atom stereocenters. The molecule has 120 valence electrons. The van der Waals surface area contributed by atoms with Crippen molar-refractivity contribution in [3.05, 3.63) is 35.6 Å². The molecule has 2 aliphatic heterocycles. The highest BCUT2D eigenvalue weighted by atomic mass is 32.2. The molecule has 2 heterocycles. The van der Waals surface area contributed by atoms with E-state index in [0.29, 0.717) is 18.2 Å². The second kappa shape index (κ2) is 7.49. The van der Waals surface area contributed by atoms with E-state index in [1.165, 1.54) is 30.4 Å². The maximum Gasteiger partial charge on any atom is 0.223 e. The lowest BCUT2D eigenvalue weighted by Crippen LogP contribution is -2.38. The fourth-order valence-corrected chi connectivity index (χ4v) is 4.83. The average molecular weight is 321 g/mol. The zero-order valence-corrected chi connectivity index (χ0v) is 13.8. The summed E-state index contributed by atoms with van der Waals surface area (Å²) in [5.41, 5.74) is 0.999. The number of rotatable bonds is 4. The third-order valence-electron chi connectivity index (χ3n) is 4.86. The lowest BCUT2D eigenvalue weighted by molar-refractivity contribution is -0.133. The number of carbonyl (C=O) groups excluding carboxylic acids is 1. The maximum atomic E-state index is 13.3. The number of amides is 1. The molecule has 1 amide bonds. The van der Waals surface area contributed by atoms with E-state index in [0.717, 1.165) is 31.4 Å². The Morgan fingerprint density at radius 2 is 2.09 bits per heavy atom. The molecule has 2 saturated heterocycles. The Bertz CT molecular complexity index is 516. The van der Waals surface area contributed by atoms with Crippen LogP contribution < -0.4 is 0 Å². The van der Waals surface area contributed by atoms with Gasteiger partial charge in [0.2, 0.25) is 5.91 Å². The van der Waals surface area contributed by atoms with E-state index in [-0.39, 0.29) is 11.9 Å². The summed E-state index contributed by atoms with van der Waals surface area (Å²) in [6, 6.07) is 7.04. The van der Waals surface area contributed by atoms with Crippen LogP contribution >= 0.6 is 11.8 Å². The summed E-state index contributed by atoms with van der Waals surface area (Å²) in [7, 11) is 0. The van der Waals surface area contributed by atoms with E-state index in [1.54, 1.807) is 12.1 Å². The molecule has 2 nitrogen and oxygen atoms in total. The van der Waals surface area contributed by atoms with Gasteiger partial charge in [-0.2, -0.15) is 11.8 Å². The number of carbonyl (C=O) groups is 1. The van der Waals surface area contributed by atoms with Gasteiger partial charge in [0.15, 0.2) is 0 Å². The minimum atomic E-state index is -0.187. The lowest BCUT2D eigenvalue weighted by Gasteiger charge is -2.28. The number of thioether (sulfide) groups is 1. The molecule has 22 heavy (non-hydrogen) atoms. The monoisotopic (exact) mass is 321 g/mol. The fraction of sp³-hybridized carbons (Fsp3) is 0.611. The minimum Gasteiger partial charge on any atom is -0.339 e. The summed E-state index contributed by atoms with van der Waals surface area (Å²) in [5, 5.41) is 0. The molecule has 1 aromatic rings. The lowest BCUT2D eigenvalue weighted by atomic mass is 9.97. The van der Waals surface area contributed by atoms with Crippen LogP contribution in [-0.2, 0) is 11.2 Å². The summed E-state index contributed by atoms with van der Waals surface area (Å²) in [4.78, 5) is 14.7. The van der Waals surface area contributed by atoms with Gasteiger partial charge >= 0.3 is 0 Å². The van der Waals surface area contributed by atoms with Crippen LogP contribution in [0.4, 0.5) is 4.39 Å². The molecular weight excluding hydrogens is 297 g/mol. The summed E-state index contributed by atoms with van der Waals surface area (Å²) in [6.07, 6.45) is 5.97. The van der Waals surface area contributed by atoms with Gasteiger partial charge in [0.05, 0.1) is 0 Å². The number of hydrogen-bond donors (Lipinski definition) is 0. The van der Waals surface area contributed by atoms with Crippen molar-refractivity contribution in [2.75, 3.05) is 18.1 Å². The van der Waals surface area contributed by atoms with Crippen LogP contribution in [0, 0.1) is 11.7 Å². The molecule has 0 aliphatic carbocycles. The standard InChI is InChI=1S/C18H24FNOS/c19-16-4-1-3-15(11-16)12-17-5-2-8-20(17)18(21)13-14-6-9-22-10-7-14/h1,3-4,11,14,17H,2,5-10,12-13H2. The van der Waals surface area contributed by atoms with Crippen molar-refractivity contribution in [3.8, 4) is 0 Å². The first-order chi connectivity index (χ1) is 10.7. The molecule has 1 aromatic carbocycles. The molecule has 4 heteroatoms. The summed E-state index contributed by atoms with van der Waals surface area (Å²) < 4.78 is 13.3. The Kier molecular flexibility index (Phi) is 5.40. The van der Waals surface area contributed by atoms with E-state index < -0.39 is 0 Å². The number of halogens is 1. The first-order valence-corrected chi connectivity index (χ1v) is 9.49. The number of benzene rings is 1.